The van der Waals surface area contributed by atoms with E-state index in [1.807, 2.05) is 24.3 Å². The van der Waals surface area contributed by atoms with Gasteiger partial charge >= 0.3 is 17.6 Å². The van der Waals surface area contributed by atoms with Gasteiger partial charge in [-0.3, -0.25) is 9.00 Å². The molecule has 0 bridgehead atoms. The maximum Gasteiger partial charge on any atom is 0.407 e. The molecule has 1 atom stereocenters. The smallest absolute Gasteiger partial charge is 0.407 e. The Balaban J connectivity index is 0.000000259. The fourth-order valence-corrected chi connectivity index (χ4v) is 4.97. The number of nitro groups is 2. The summed E-state index contributed by atoms with van der Waals surface area (Å²) in [5.41, 5.74) is 1.62. The monoisotopic (exact) mass is 673 g/mol. The number of methoxy groups -OCH3 is 1. The molecule has 0 spiro atoms. The van der Waals surface area contributed by atoms with E-state index >= 15 is 0 Å². The van der Waals surface area contributed by atoms with E-state index in [4.69, 9.17) is 9.47 Å². The van der Waals surface area contributed by atoms with Gasteiger partial charge in [-0.15, -0.1) is 0 Å². The molecule has 2 heterocycles. The molecule has 0 radical (unpaired) electrons. The first-order chi connectivity index (χ1) is 21.9. The molecule has 0 aliphatic heterocycles. The predicted molar refractivity (Wildman–Crippen MR) is 159 cm³/mol. The lowest BCUT2D eigenvalue weighted by Crippen LogP contribution is -2.14. The first-order valence-corrected chi connectivity index (χ1v) is 15.7. The normalized spacial score (nSPS) is 11.3. The van der Waals surface area contributed by atoms with Crippen molar-refractivity contribution < 1.29 is 46.0 Å². The van der Waals surface area contributed by atoms with Gasteiger partial charge in [0.25, 0.3) is 5.03 Å². The van der Waals surface area contributed by atoms with Crippen molar-refractivity contribution >= 4 is 38.5 Å². The van der Waals surface area contributed by atoms with E-state index < -0.39 is 64.2 Å². The zero-order chi connectivity index (χ0) is 33.7. The Kier molecular flexibility index (Phi) is 12.7. The Morgan fingerprint density at radius 3 is 1.72 bits per heavy atom. The van der Waals surface area contributed by atoms with Gasteiger partial charge in [-0.2, -0.15) is 0 Å². The molecule has 0 aliphatic carbocycles. The van der Waals surface area contributed by atoms with Gasteiger partial charge in [0, 0.05) is 23.2 Å². The summed E-state index contributed by atoms with van der Waals surface area (Å²) in [5, 5.41) is 21.2. The van der Waals surface area contributed by atoms with Crippen molar-refractivity contribution in [3.05, 3.63) is 116 Å². The number of aromatic nitrogens is 2. The zero-order valence-corrected chi connectivity index (χ0v) is 25.5. The number of rotatable bonds is 13. The summed E-state index contributed by atoms with van der Waals surface area (Å²) >= 11 is -2.63. The summed E-state index contributed by atoms with van der Waals surface area (Å²) in [6.45, 7) is 0.195. The minimum Gasteiger partial charge on any atom is -0.766 e. The van der Waals surface area contributed by atoms with Crippen LogP contribution in [-0.4, -0.2) is 55.8 Å². The first kappa shape index (κ1) is 35.2. The Morgan fingerprint density at radius 1 is 0.783 bits per heavy atom. The summed E-state index contributed by atoms with van der Waals surface area (Å²) < 4.78 is 60.9. The molecule has 1 unspecified atom stereocenters. The van der Waals surface area contributed by atoms with Crippen LogP contribution < -0.4 is 9.47 Å². The largest absolute Gasteiger partial charge is 0.766 e. The number of hydrogen-bond donors (Lipinski definition) is 0. The summed E-state index contributed by atoms with van der Waals surface area (Å²) in [6.07, 6.45) is -0.374. The number of benzene rings is 2. The maximum absolute atomic E-state index is 12.2. The van der Waals surface area contributed by atoms with Gasteiger partial charge in [-0.05, 0) is 43.1 Å². The number of nitrogens with zero attached hydrogens (tertiary/aromatic N) is 4. The lowest BCUT2D eigenvalue weighted by Gasteiger charge is -2.07. The van der Waals surface area contributed by atoms with Crippen LogP contribution in [-0.2, 0) is 43.7 Å². The molecular formula is C28H25N4O12S2-. The molecular weight excluding hydrogens is 648 g/mol. The quantitative estimate of drug-likeness (QED) is 0.0852. The van der Waals surface area contributed by atoms with Crippen LogP contribution in [0.1, 0.15) is 17.5 Å². The number of sulfone groups is 1. The number of hydrogen-bond acceptors (Lipinski definition) is 14. The fourth-order valence-electron chi connectivity index (χ4n) is 3.48. The van der Waals surface area contributed by atoms with E-state index in [0.717, 1.165) is 30.4 Å². The first-order valence-electron chi connectivity index (χ1n) is 12.9. The van der Waals surface area contributed by atoms with Crippen LogP contribution in [0.5, 0.6) is 11.5 Å². The summed E-state index contributed by atoms with van der Waals surface area (Å²) in [5.74, 6) is -2.82. The van der Waals surface area contributed by atoms with Crippen LogP contribution in [0.4, 0.5) is 11.6 Å². The second-order valence-electron chi connectivity index (χ2n) is 8.88. The summed E-state index contributed by atoms with van der Waals surface area (Å²) in [4.78, 5) is 38.6. The van der Waals surface area contributed by atoms with Gasteiger partial charge in [0.15, 0.2) is 0 Å². The minimum absolute atomic E-state index is 0.0673. The van der Waals surface area contributed by atoms with Crippen LogP contribution in [0.15, 0.2) is 95.0 Å². The van der Waals surface area contributed by atoms with Crippen LogP contribution in [0.2, 0.25) is 0 Å². The zero-order valence-electron chi connectivity index (χ0n) is 23.9. The molecule has 0 N–H and O–H groups in total. The molecule has 0 fully saturated rings. The Labute approximate surface area is 264 Å². The molecule has 4 rings (SSSR count). The van der Waals surface area contributed by atoms with Gasteiger partial charge in [-0.1, -0.05) is 60.7 Å². The van der Waals surface area contributed by atoms with Crippen molar-refractivity contribution in [1.29, 1.82) is 0 Å². The van der Waals surface area contributed by atoms with E-state index in [2.05, 4.69) is 14.7 Å². The third-order valence-corrected chi connectivity index (χ3v) is 7.91. The Bertz CT molecular complexity index is 1810. The molecule has 0 saturated carbocycles. The minimum atomic E-state index is -3.98. The highest BCUT2D eigenvalue weighted by molar-refractivity contribution is 7.91. The lowest BCUT2D eigenvalue weighted by molar-refractivity contribution is -0.391. The van der Waals surface area contributed by atoms with Crippen molar-refractivity contribution in [3.63, 3.8) is 0 Å². The predicted octanol–water partition coefficient (Wildman–Crippen LogP) is 3.71. The highest BCUT2D eigenvalue weighted by Gasteiger charge is 2.28. The number of ether oxygens (including phenoxy) is 3. The molecule has 0 saturated heterocycles. The third-order valence-electron chi connectivity index (χ3n) is 5.74. The number of pyridine rings is 2. The molecule has 2 aromatic carbocycles. The fraction of sp³-hybridized carbons (Fsp3) is 0.179. The van der Waals surface area contributed by atoms with Gasteiger partial charge in [0.1, 0.15) is 13.2 Å². The highest BCUT2D eigenvalue weighted by Crippen LogP contribution is 2.28. The topological polar surface area (TPSA) is 231 Å². The Morgan fingerprint density at radius 2 is 1.26 bits per heavy atom. The van der Waals surface area contributed by atoms with Crippen LogP contribution in [0, 0.1) is 20.2 Å². The summed E-state index contributed by atoms with van der Waals surface area (Å²) in [6, 6.07) is 22.7. The average molecular weight is 674 g/mol. The highest BCUT2D eigenvalue weighted by atomic mass is 32.2. The summed E-state index contributed by atoms with van der Waals surface area (Å²) in [7, 11) is -2.84. The van der Waals surface area contributed by atoms with E-state index in [0.29, 0.717) is 0 Å². The third kappa shape index (κ3) is 10.4. The molecule has 242 valence electrons. The van der Waals surface area contributed by atoms with Crippen molar-refractivity contribution in [2.45, 2.75) is 29.7 Å². The van der Waals surface area contributed by atoms with Crippen LogP contribution in [0.3, 0.4) is 0 Å². The van der Waals surface area contributed by atoms with Crippen molar-refractivity contribution in [1.82, 2.24) is 9.97 Å². The van der Waals surface area contributed by atoms with Gasteiger partial charge in [0.2, 0.25) is 26.4 Å². The SMILES string of the molecule is COC(=O)CCS(=O)(=O)c1ccc(OCc2ccccc2)c([N+](=O)[O-])n1.O=[N+]([O-])c1nc(S(=O)[O-])ccc1OCc1ccccc1. The van der Waals surface area contributed by atoms with E-state index in [9.17, 15) is 42.2 Å². The van der Waals surface area contributed by atoms with E-state index in [1.165, 1.54) is 12.1 Å². The standard InChI is InChI=1S/C16H16N2O7S.C12H10N2O5S/c1-24-15(19)9-10-26(22,23)14-8-7-13(16(17-14)18(20)21)25-11-12-5-3-2-4-6-12;15-14(16)12-10(6-7-11(13-12)20(17)18)19-8-9-4-2-1-3-5-9/h2-8H,9-11H2,1H3;1-7H,8H2,(H,17,18)/p-1. The molecule has 18 heteroatoms. The van der Waals surface area contributed by atoms with Crippen LogP contribution >= 0.6 is 0 Å². The van der Waals surface area contributed by atoms with Crippen LogP contribution in [0.25, 0.3) is 0 Å². The molecule has 4 aromatic rings. The maximum atomic E-state index is 12.2. The molecule has 2 aromatic heterocycles. The van der Waals surface area contributed by atoms with Crippen molar-refractivity contribution in [2.75, 3.05) is 12.9 Å². The number of esters is 1. The van der Waals surface area contributed by atoms with Crippen molar-refractivity contribution in [2.24, 2.45) is 0 Å². The van der Waals surface area contributed by atoms with E-state index in [1.54, 1.807) is 36.4 Å². The second kappa shape index (κ2) is 16.7. The molecule has 16 nitrogen and oxygen atoms in total. The number of carbonyl (C=O) groups excluding carboxylic acids is 1. The average Bonchev–Trinajstić information content (AvgIpc) is 3.06. The lowest BCUT2D eigenvalue weighted by atomic mass is 10.2. The second-order valence-corrected chi connectivity index (χ2v) is 11.8. The molecule has 0 amide bonds. The molecule has 46 heavy (non-hydrogen) atoms. The Hall–Kier alpha value is -5.33. The van der Waals surface area contributed by atoms with Gasteiger partial charge in [-0.25, -0.2) is 8.42 Å². The van der Waals surface area contributed by atoms with E-state index in [-0.39, 0.29) is 31.1 Å². The molecule has 0 aliphatic rings. The van der Waals surface area contributed by atoms with Gasteiger partial charge in [0.05, 0.1) is 19.3 Å². The number of carbonyl (C=O) groups is 1. The van der Waals surface area contributed by atoms with Crippen molar-refractivity contribution in [3.8, 4) is 11.5 Å². The van der Waals surface area contributed by atoms with Gasteiger partial charge < -0.3 is 39.0 Å².